The fraction of sp³-hybridized carbons (Fsp3) is 0.0526. The van der Waals surface area contributed by atoms with E-state index in [4.69, 9.17) is 5.73 Å². The van der Waals surface area contributed by atoms with Crippen LogP contribution in [0.15, 0.2) is 66.7 Å². The quantitative estimate of drug-likeness (QED) is 0.771. The second-order valence-electron chi connectivity index (χ2n) is 5.18. The minimum absolute atomic E-state index is 0.172. The molecule has 0 aliphatic rings. The van der Waals surface area contributed by atoms with Crippen LogP contribution in [-0.4, -0.2) is 15.3 Å². The molecule has 0 amide bonds. The van der Waals surface area contributed by atoms with E-state index >= 15 is 0 Å². The fourth-order valence-corrected chi connectivity index (χ4v) is 2.31. The van der Waals surface area contributed by atoms with E-state index in [2.05, 4.69) is 22.3 Å². The van der Waals surface area contributed by atoms with E-state index in [1.165, 1.54) is 5.56 Å². The average Bonchev–Trinajstić information content (AvgIpc) is 2.58. The van der Waals surface area contributed by atoms with Crippen LogP contribution in [0.5, 0.6) is 5.75 Å². The van der Waals surface area contributed by atoms with Gasteiger partial charge in [-0.1, -0.05) is 54.6 Å². The molecule has 1 aromatic heterocycles. The Morgan fingerprint density at radius 3 is 2.48 bits per heavy atom. The predicted octanol–water partition coefficient (Wildman–Crippen LogP) is 3.69. The number of hydrogen-bond acceptors (Lipinski definition) is 4. The Bertz CT molecular complexity index is 829. The molecule has 3 N–H and O–H groups in total. The van der Waals surface area contributed by atoms with Crippen LogP contribution in [0.4, 0.5) is 5.82 Å². The van der Waals surface area contributed by atoms with E-state index in [1.807, 2.05) is 42.5 Å². The summed E-state index contributed by atoms with van der Waals surface area (Å²) in [6.07, 6.45) is 4.78. The maximum atomic E-state index is 9.93. The third-order valence-corrected chi connectivity index (χ3v) is 3.53. The van der Waals surface area contributed by atoms with Crippen LogP contribution in [0.3, 0.4) is 0 Å². The highest BCUT2D eigenvalue weighted by Gasteiger charge is 2.07. The van der Waals surface area contributed by atoms with E-state index in [0.29, 0.717) is 17.1 Å². The molecule has 3 rings (SSSR count). The first-order valence-corrected chi connectivity index (χ1v) is 7.36. The van der Waals surface area contributed by atoms with Crippen molar-refractivity contribution in [2.75, 3.05) is 5.73 Å². The van der Waals surface area contributed by atoms with Crippen molar-refractivity contribution < 1.29 is 5.11 Å². The van der Waals surface area contributed by atoms with E-state index < -0.39 is 0 Å². The first kappa shape index (κ1) is 14.8. The van der Waals surface area contributed by atoms with Gasteiger partial charge in [0.2, 0.25) is 0 Å². The molecule has 114 valence electrons. The van der Waals surface area contributed by atoms with Crippen molar-refractivity contribution in [2.24, 2.45) is 0 Å². The number of nitrogens with two attached hydrogens (primary N) is 1. The maximum absolute atomic E-state index is 9.93. The number of benzene rings is 2. The molecule has 4 nitrogen and oxygen atoms in total. The van der Waals surface area contributed by atoms with Crippen molar-refractivity contribution in [3.05, 3.63) is 77.9 Å². The molecule has 0 radical (unpaired) electrons. The number of aromatic hydroxyl groups is 1. The van der Waals surface area contributed by atoms with Crippen molar-refractivity contribution in [1.29, 1.82) is 0 Å². The molecular formula is C19H17N3O. The van der Waals surface area contributed by atoms with Gasteiger partial charge in [-0.3, -0.25) is 0 Å². The molecule has 3 aromatic rings. The molecule has 2 aromatic carbocycles. The Morgan fingerprint density at radius 1 is 0.957 bits per heavy atom. The number of phenols is 1. The van der Waals surface area contributed by atoms with Crippen LogP contribution in [0.1, 0.15) is 11.1 Å². The van der Waals surface area contributed by atoms with Gasteiger partial charge in [-0.25, -0.2) is 0 Å². The van der Waals surface area contributed by atoms with Gasteiger partial charge >= 0.3 is 0 Å². The van der Waals surface area contributed by atoms with Crippen molar-refractivity contribution in [3.8, 4) is 17.0 Å². The summed E-state index contributed by atoms with van der Waals surface area (Å²) < 4.78 is 0. The zero-order chi connectivity index (χ0) is 16.1. The number of nitrogens with zero attached hydrogens (tertiary/aromatic N) is 2. The summed E-state index contributed by atoms with van der Waals surface area (Å²) >= 11 is 0. The number of anilines is 1. The van der Waals surface area contributed by atoms with E-state index in [1.54, 1.807) is 18.2 Å². The Morgan fingerprint density at radius 2 is 1.70 bits per heavy atom. The van der Waals surface area contributed by atoms with Gasteiger partial charge in [-0.2, -0.15) is 0 Å². The summed E-state index contributed by atoms with van der Waals surface area (Å²) in [6.45, 7) is 0. The average molecular weight is 303 g/mol. The first-order chi connectivity index (χ1) is 11.2. The molecule has 0 saturated heterocycles. The van der Waals surface area contributed by atoms with E-state index in [9.17, 15) is 5.11 Å². The second-order valence-corrected chi connectivity index (χ2v) is 5.18. The minimum atomic E-state index is 0.172. The third-order valence-electron chi connectivity index (χ3n) is 3.53. The van der Waals surface area contributed by atoms with Crippen molar-refractivity contribution >= 4 is 11.9 Å². The topological polar surface area (TPSA) is 72.0 Å². The molecular weight excluding hydrogens is 286 g/mol. The lowest BCUT2D eigenvalue weighted by molar-refractivity contribution is 0.477. The molecule has 0 bridgehead atoms. The van der Waals surface area contributed by atoms with Gasteiger partial charge in [0.25, 0.3) is 0 Å². The smallest absolute Gasteiger partial charge is 0.153 e. The normalized spacial score (nSPS) is 11.0. The lowest BCUT2D eigenvalue weighted by atomic mass is 10.1. The molecule has 0 spiro atoms. The zero-order valence-corrected chi connectivity index (χ0v) is 12.6. The molecule has 0 aliphatic carbocycles. The molecule has 23 heavy (non-hydrogen) atoms. The lowest BCUT2D eigenvalue weighted by Gasteiger charge is -2.05. The highest BCUT2D eigenvalue weighted by Crippen LogP contribution is 2.28. The van der Waals surface area contributed by atoms with Crippen molar-refractivity contribution in [3.63, 3.8) is 0 Å². The largest absolute Gasteiger partial charge is 0.507 e. The number of hydrogen-bond donors (Lipinski definition) is 2. The van der Waals surface area contributed by atoms with Gasteiger partial charge in [0, 0.05) is 11.1 Å². The molecule has 0 aliphatic heterocycles. The van der Waals surface area contributed by atoms with Crippen LogP contribution >= 0.6 is 0 Å². The first-order valence-electron chi connectivity index (χ1n) is 7.36. The van der Waals surface area contributed by atoms with E-state index in [-0.39, 0.29) is 5.75 Å². The summed E-state index contributed by atoms with van der Waals surface area (Å²) in [5.41, 5.74) is 9.14. The van der Waals surface area contributed by atoms with Gasteiger partial charge < -0.3 is 10.8 Å². The number of aromatic nitrogens is 2. The van der Waals surface area contributed by atoms with Gasteiger partial charge in [0.05, 0.1) is 5.69 Å². The minimum Gasteiger partial charge on any atom is -0.507 e. The highest BCUT2D eigenvalue weighted by atomic mass is 16.3. The lowest BCUT2D eigenvalue weighted by Crippen LogP contribution is -1.98. The van der Waals surface area contributed by atoms with Gasteiger partial charge in [0.15, 0.2) is 5.82 Å². The van der Waals surface area contributed by atoms with Crippen molar-refractivity contribution in [1.82, 2.24) is 10.2 Å². The molecule has 1 heterocycles. The SMILES string of the molecule is Nc1nnc(-c2ccccc2O)cc1/C=C/Cc1ccccc1. The standard InChI is InChI=1S/C19H17N3O/c20-19-15(10-6-9-14-7-2-1-3-8-14)13-17(21-22-19)16-11-4-5-12-18(16)23/h1-8,10-13,23H,9H2,(H2,20,22)/b10-6+. The van der Waals surface area contributed by atoms with Crippen LogP contribution in [-0.2, 0) is 6.42 Å². The summed E-state index contributed by atoms with van der Waals surface area (Å²) in [4.78, 5) is 0. The highest BCUT2D eigenvalue weighted by molar-refractivity contribution is 5.71. The number of allylic oxidation sites excluding steroid dienone is 1. The van der Waals surface area contributed by atoms with Crippen LogP contribution in [0.2, 0.25) is 0 Å². The fourth-order valence-electron chi connectivity index (χ4n) is 2.31. The molecule has 0 atom stereocenters. The summed E-state index contributed by atoms with van der Waals surface area (Å²) in [7, 11) is 0. The molecule has 4 heteroatoms. The molecule has 0 unspecified atom stereocenters. The number of nitrogen functional groups attached to an aromatic ring is 1. The number of para-hydroxylation sites is 1. The third kappa shape index (κ3) is 3.55. The summed E-state index contributed by atoms with van der Waals surface area (Å²) in [5, 5.41) is 18.0. The van der Waals surface area contributed by atoms with Crippen molar-refractivity contribution in [2.45, 2.75) is 6.42 Å². The second kappa shape index (κ2) is 6.75. The monoisotopic (exact) mass is 303 g/mol. The maximum Gasteiger partial charge on any atom is 0.153 e. The van der Waals surface area contributed by atoms with E-state index in [0.717, 1.165) is 12.0 Å². The zero-order valence-electron chi connectivity index (χ0n) is 12.6. The summed E-state index contributed by atoms with van der Waals surface area (Å²) in [6, 6.07) is 19.0. The molecule has 0 saturated carbocycles. The summed E-state index contributed by atoms with van der Waals surface area (Å²) in [5.74, 6) is 0.541. The van der Waals surface area contributed by atoms with Gasteiger partial charge in [-0.15, -0.1) is 10.2 Å². The van der Waals surface area contributed by atoms with Crippen LogP contribution in [0.25, 0.3) is 17.3 Å². The number of phenolic OH excluding ortho intramolecular Hbond substituents is 1. The van der Waals surface area contributed by atoms with Gasteiger partial charge in [0.1, 0.15) is 5.75 Å². The van der Waals surface area contributed by atoms with Crippen LogP contribution < -0.4 is 5.73 Å². The Balaban J connectivity index is 1.85. The Hall–Kier alpha value is -3.14. The van der Waals surface area contributed by atoms with Crippen LogP contribution in [0, 0.1) is 0 Å². The number of rotatable bonds is 4. The Kier molecular flexibility index (Phi) is 4.34. The Labute approximate surface area is 134 Å². The molecule has 0 fully saturated rings. The van der Waals surface area contributed by atoms with Gasteiger partial charge in [-0.05, 0) is 30.2 Å². The predicted molar refractivity (Wildman–Crippen MR) is 92.7 cm³/mol.